The fraction of sp³-hybridized carbons (Fsp3) is 0.600. The SMILES string of the molecule is Nc1cccc(CCCCCCCCCBr)c1[N+](=O)[O-]. The van der Waals surface area contributed by atoms with Gasteiger partial charge in [0.1, 0.15) is 5.69 Å². The number of nitro groups is 1. The maximum Gasteiger partial charge on any atom is 0.295 e. The van der Waals surface area contributed by atoms with Gasteiger partial charge in [-0.05, 0) is 25.3 Å². The van der Waals surface area contributed by atoms with Gasteiger partial charge in [0.2, 0.25) is 0 Å². The van der Waals surface area contributed by atoms with Crippen LogP contribution in [-0.4, -0.2) is 10.3 Å². The molecule has 0 heterocycles. The number of nitro benzene ring substituents is 1. The predicted molar refractivity (Wildman–Crippen MR) is 87.3 cm³/mol. The summed E-state index contributed by atoms with van der Waals surface area (Å²) in [5.41, 5.74) is 6.79. The second kappa shape index (κ2) is 9.75. The molecule has 0 aromatic heterocycles. The van der Waals surface area contributed by atoms with Crippen molar-refractivity contribution < 1.29 is 4.92 Å². The Balaban J connectivity index is 2.29. The van der Waals surface area contributed by atoms with Gasteiger partial charge in [-0.2, -0.15) is 0 Å². The number of alkyl halides is 1. The number of nitrogens with zero attached hydrogens (tertiary/aromatic N) is 1. The molecule has 0 aliphatic carbocycles. The molecule has 1 aromatic carbocycles. The number of aryl methyl sites for hydroxylation is 1. The van der Waals surface area contributed by atoms with Crippen molar-refractivity contribution >= 4 is 27.3 Å². The number of hydrogen-bond acceptors (Lipinski definition) is 3. The van der Waals surface area contributed by atoms with E-state index >= 15 is 0 Å². The van der Waals surface area contributed by atoms with Gasteiger partial charge in [0.15, 0.2) is 0 Å². The third kappa shape index (κ3) is 5.90. The highest BCUT2D eigenvalue weighted by molar-refractivity contribution is 9.09. The van der Waals surface area contributed by atoms with E-state index in [-0.39, 0.29) is 16.3 Å². The maximum atomic E-state index is 11.0. The van der Waals surface area contributed by atoms with Crippen molar-refractivity contribution in [3.05, 3.63) is 33.9 Å². The summed E-state index contributed by atoms with van der Waals surface area (Å²) in [5, 5.41) is 12.1. The molecule has 112 valence electrons. The third-order valence-electron chi connectivity index (χ3n) is 3.41. The van der Waals surface area contributed by atoms with Gasteiger partial charge in [-0.15, -0.1) is 0 Å². The first kappa shape index (κ1) is 17.0. The predicted octanol–water partition coefficient (Wildman–Crippen LogP) is 4.85. The van der Waals surface area contributed by atoms with Gasteiger partial charge < -0.3 is 5.73 Å². The minimum atomic E-state index is -0.370. The monoisotopic (exact) mass is 342 g/mol. The van der Waals surface area contributed by atoms with E-state index in [4.69, 9.17) is 5.73 Å². The fourth-order valence-electron chi connectivity index (χ4n) is 2.33. The molecule has 0 aliphatic rings. The molecular formula is C15H23BrN2O2. The van der Waals surface area contributed by atoms with Crippen molar-refractivity contribution in [3.8, 4) is 0 Å². The van der Waals surface area contributed by atoms with Crippen molar-refractivity contribution in [2.45, 2.75) is 51.4 Å². The van der Waals surface area contributed by atoms with Crippen LogP contribution in [-0.2, 0) is 6.42 Å². The number of nitrogen functional groups attached to an aromatic ring is 1. The topological polar surface area (TPSA) is 69.2 Å². The molecule has 4 nitrogen and oxygen atoms in total. The van der Waals surface area contributed by atoms with E-state index in [9.17, 15) is 10.1 Å². The number of para-hydroxylation sites is 1. The Kier molecular flexibility index (Phi) is 8.26. The number of halogens is 1. The van der Waals surface area contributed by atoms with E-state index in [0.717, 1.165) is 30.2 Å². The molecule has 1 aromatic rings. The van der Waals surface area contributed by atoms with E-state index in [1.165, 1.54) is 32.1 Å². The Hall–Kier alpha value is -1.10. The van der Waals surface area contributed by atoms with Crippen LogP contribution in [0.25, 0.3) is 0 Å². The number of anilines is 1. The number of benzene rings is 1. The summed E-state index contributed by atoms with van der Waals surface area (Å²) in [5.74, 6) is 0. The minimum Gasteiger partial charge on any atom is -0.393 e. The molecule has 0 saturated carbocycles. The average Bonchev–Trinajstić information content (AvgIpc) is 2.41. The van der Waals surface area contributed by atoms with Crippen LogP contribution in [0.5, 0.6) is 0 Å². The second-order valence-corrected chi connectivity index (χ2v) is 5.82. The first-order valence-electron chi connectivity index (χ1n) is 7.24. The lowest BCUT2D eigenvalue weighted by Crippen LogP contribution is -2.00. The quantitative estimate of drug-likeness (QED) is 0.217. The van der Waals surface area contributed by atoms with Gasteiger partial charge in [-0.25, -0.2) is 0 Å². The molecule has 0 aliphatic heterocycles. The van der Waals surface area contributed by atoms with E-state index in [1.807, 2.05) is 6.07 Å². The van der Waals surface area contributed by atoms with Gasteiger partial charge >= 0.3 is 0 Å². The van der Waals surface area contributed by atoms with Crippen molar-refractivity contribution in [2.24, 2.45) is 0 Å². The van der Waals surface area contributed by atoms with Gasteiger partial charge in [0.05, 0.1) is 4.92 Å². The Morgan fingerprint density at radius 2 is 1.65 bits per heavy atom. The summed E-state index contributed by atoms with van der Waals surface area (Å²) in [4.78, 5) is 10.6. The van der Waals surface area contributed by atoms with Crippen molar-refractivity contribution in [1.82, 2.24) is 0 Å². The van der Waals surface area contributed by atoms with Crippen LogP contribution in [0.15, 0.2) is 18.2 Å². The largest absolute Gasteiger partial charge is 0.393 e. The normalized spacial score (nSPS) is 10.7. The Labute approximate surface area is 129 Å². The molecule has 20 heavy (non-hydrogen) atoms. The Bertz CT molecular complexity index is 424. The number of unbranched alkanes of at least 4 members (excludes halogenated alkanes) is 6. The maximum absolute atomic E-state index is 11.0. The van der Waals surface area contributed by atoms with Gasteiger partial charge in [0.25, 0.3) is 5.69 Å². The first-order valence-corrected chi connectivity index (χ1v) is 8.36. The molecule has 0 amide bonds. The van der Waals surface area contributed by atoms with Gasteiger partial charge in [0, 0.05) is 10.9 Å². The van der Waals surface area contributed by atoms with Crippen molar-refractivity contribution in [1.29, 1.82) is 0 Å². The lowest BCUT2D eigenvalue weighted by Gasteiger charge is -2.05. The molecule has 0 saturated heterocycles. The van der Waals surface area contributed by atoms with Gasteiger partial charge in [-0.1, -0.05) is 60.2 Å². The van der Waals surface area contributed by atoms with Crippen LogP contribution in [0.4, 0.5) is 11.4 Å². The van der Waals surface area contributed by atoms with Crippen LogP contribution in [0.1, 0.15) is 50.5 Å². The highest BCUT2D eigenvalue weighted by Crippen LogP contribution is 2.27. The molecule has 1 rings (SSSR count). The zero-order valence-electron chi connectivity index (χ0n) is 11.8. The molecule has 0 unspecified atom stereocenters. The lowest BCUT2D eigenvalue weighted by molar-refractivity contribution is -0.384. The average molecular weight is 343 g/mol. The second-order valence-electron chi connectivity index (χ2n) is 5.03. The summed E-state index contributed by atoms with van der Waals surface area (Å²) in [6.07, 6.45) is 9.13. The number of hydrogen-bond donors (Lipinski definition) is 1. The highest BCUT2D eigenvalue weighted by atomic mass is 79.9. The summed E-state index contributed by atoms with van der Waals surface area (Å²) in [7, 11) is 0. The van der Waals surface area contributed by atoms with E-state index in [0.29, 0.717) is 0 Å². The molecule has 0 radical (unpaired) electrons. The smallest absolute Gasteiger partial charge is 0.295 e. The summed E-state index contributed by atoms with van der Waals surface area (Å²) in [6, 6.07) is 5.19. The van der Waals surface area contributed by atoms with Crippen molar-refractivity contribution in [2.75, 3.05) is 11.1 Å². The Morgan fingerprint density at radius 1 is 1.05 bits per heavy atom. The summed E-state index contributed by atoms with van der Waals surface area (Å²) >= 11 is 3.43. The minimum absolute atomic E-state index is 0.0878. The molecule has 5 heteroatoms. The zero-order chi connectivity index (χ0) is 14.8. The standard InChI is InChI=1S/C15H23BrN2O2/c16-12-7-5-3-1-2-4-6-9-13-10-8-11-14(17)15(13)18(19)20/h8,10-11H,1-7,9,12,17H2. The van der Waals surface area contributed by atoms with Crippen LogP contribution in [0.2, 0.25) is 0 Å². The van der Waals surface area contributed by atoms with Crippen LogP contribution >= 0.6 is 15.9 Å². The summed E-state index contributed by atoms with van der Waals surface area (Å²) in [6.45, 7) is 0. The van der Waals surface area contributed by atoms with Crippen LogP contribution < -0.4 is 5.73 Å². The Morgan fingerprint density at radius 3 is 2.25 bits per heavy atom. The lowest BCUT2D eigenvalue weighted by atomic mass is 10.0. The fourth-order valence-corrected chi connectivity index (χ4v) is 2.73. The molecule has 0 spiro atoms. The van der Waals surface area contributed by atoms with Crippen LogP contribution in [0, 0.1) is 10.1 Å². The van der Waals surface area contributed by atoms with Crippen molar-refractivity contribution in [3.63, 3.8) is 0 Å². The van der Waals surface area contributed by atoms with E-state index < -0.39 is 0 Å². The molecule has 0 bridgehead atoms. The molecular weight excluding hydrogens is 320 g/mol. The molecule has 2 N–H and O–H groups in total. The number of nitrogens with two attached hydrogens (primary N) is 1. The number of rotatable bonds is 10. The van der Waals surface area contributed by atoms with E-state index in [1.54, 1.807) is 12.1 Å². The summed E-state index contributed by atoms with van der Waals surface area (Å²) < 4.78 is 0. The highest BCUT2D eigenvalue weighted by Gasteiger charge is 2.16. The first-order chi connectivity index (χ1) is 9.66. The molecule has 0 atom stereocenters. The van der Waals surface area contributed by atoms with Gasteiger partial charge in [-0.3, -0.25) is 10.1 Å². The third-order valence-corrected chi connectivity index (χ3v) is 3.97. The zero-order valence-corrected chi connectivity index (χ0v) is 13.4. The molecule has 0 fully saturated rings. The van der Waals surface area contributed by atoms with E-state index in [2.05, 4.69) is 15.9 Å². The van der Waals surface area contributed by atoms with Crippen LogP contribution in [0.3, 0.4) is 0 Å².